The molecular formula is C14H20ClNO. The Bertz CT molecular complexity index is 372. The molecule has 1 fully saturated rings. The molecule has 2 N–H and O–H groups in total. The molecule has 0 atom stereocenters. The molecular weight excluding hydrogens is 234 g/mol. The fourth-order valence-electron chi connectivity index (χ4n) is 2.51. The topological polar surface area (TPSA) is 32.3 Å². The molecule has 2 rings (SSSR count). The van der Waals surface area contributed by atoms with E-state index in [1.807, 2.05) is 24.3 Å². The first-order chi connectivity index (χ1) is 8.13. The van der Waals surface area contributed by atoms with Gasteiger partial charge in [-0.05, 0) is 49.8 Å². The summed E-state index contributed by atoms with van der Waals surface area (Å²) >= 11 is 5.97. The van der Waals surface area contributed by atoms with Gasteiger partial charge in [-0.25, -0.2) is 0 Å². The molecule has 94 valence electrons. The number of nitrogens with one attached hydrogen (secondary N) is 1. The van der Waals surface area contributed by atoms with Crippen LogP contribution < -0.4 is 5.32 Å². The minimum atomic E-state index is -0.156. The van der Waals surface area contributed by atoms with Crippen molar-refractivity contribution in [1.82, 2.24) is 0 Å². The van der Waals surface area contributed by atoms with Crippen LogP contribution in [0.3, 0.4) is 0 Å². The lowest BCUT2D eigenvalue weighted by atomic mass is 9.77. The van der Waals surface area contributed by atoms with Crippen LogP contribution in [0.5, 0.6) is 0 Å². The second kappa shape index (κ2) is 5.28. The van der Waals surface area contributed by atoms with E-state index in [1.165, 1.54) is 12.8 Å². The molecule has 0 radical (unpaired) electrons. The van der Waals surface area contributed by atoms with Crippen LogP contribution >= 0.6 is 11.6 Å². The zero-order valence-corrected chi connectivity index (χ0v) is 11.0. The molecule has 0 amide bonds. The number of anilines is 1. The van der Waals surface area contributed by atoms with Crippen molar-refractivity contribution in [3.8, 4) is 0 Å². The molecule has 1 aromatic rings. The highest BCUT2D eigenvalue weighted by Crippen LogP contribution is 2.34. The molecule has 1 aliphatic rings. The summed E-state index contributed by atoms with van der Waals surface area (Å²) in [5.41, 5.74) is 0.845. The molecule has 0 bridgehead atoms. The lowest BCUT2D eigenvalue weighted by molar-refractivity contribution is 0.155. The highest BCUT2D eigenvalue weighted by molar-refractivity contribution is 6.30. The van der Waals surface area contributed by atoms with Gasteiger partial charge in [0.2, 0.25) is 0 Å². The average Bonchev–Trinajstić information content (AvgIpc) is 2.33. The first-order valence-electron chi connectivity index (χ1n) is 6.28. The number of hydrogen-bond acceptors (Lipinski definition) is 2. The Balaban J connectivity index is 2.09. The second-order valence-electron chi connectivity index (χ2n) is 5.26. The second-order valence-corrected chi connectivity index (χ2v) is 5.69. The van der Waals surface area contributed by atoms with E-state index in [0.29, 0.717) is 0 Å². The van der Waals surface area contributed by atoms with Crippen molar-refractivity contribution in [2.45, 2.75) is 38.1 Å². The van der Waals surface area contributed by atoms with Crippen molar-refractivity contribution in [2.75, 3.05) is 11.9 Å². The van der Waals surface area contributed by atoms with Gasteiger partial charge in [0, 0.05) is 10.7 Å². The third kappa shape index (κ3) is 3.14. The Hall–Kier alpha value is -0.730. The maximum Gasteiger partial charge on any atom is 0.0661 e. The largest absolute Gasteiger partial charge is 0.394 e. The molecule has 0 aliphatic heterocycles. The number of rotatable bonds is 3. The maximum atomic E-state index is 9.66. The summed E-state index contributed by atoms with van der Waals surface area (Å²) in [5.74, 6) is 0.774. The van der Waals surface area contributed by atoms with E-state index < -0.39 is 0 Å². The number of benzene rings is 1. The monoisotopic (exact) mass is 253 g/mol. The van der Waals surface area contributed by atoms with E-state index in [4.69, 9.17) is 11.6 Å². The number of aliphatic hydroxyl groups excluding tert-OH is 1. The van der Waals surface area contributed by atoms with Crippen LogP contribution in [0.15, 0.2) is 24.3 Å². The van der Waals surface area contributed by atoms with Crippen LogP contribution in [0.1, 0.15) is 32.6 Å². The summed E-state index contributed by atoms with van der Waals surface area (Å²) < 4.78 is 0. The third-order valence-corrected chi connectivity index (χ3v) is 4.00. The van der Waals surface area contributed by atoms with Crippen molar-refractivity contribution >= 4 is 17.3 Å². The van der Waals surface area contributed by atoms with Crippen molar-refractivity contribution < 1.29 is 5.11 Å². The normalized spacial score (nSPS) is 29.0. The Kier molecular flexibility index (Phi) is 3.95. The van der Waals surface area contributed by atoms with Gasteiger partial charge in [-0.15, -0.1) is 0 Å². The molecule has 0 aromatic heterocycles. The molecule has 3 heteroatoms. The average molecular weight is 254 g/mol. The predicted octanol–water partition coefficient (Wildman–Crippen LogP) is 3.69. The summed E-state index contributed by atoms with van der Waals surface area (Å²) in [5, 5.41) is 13.9. The summed E-state index contributed by atoms with van der Waals surface area (Å²) in [7, 11) is 0. The van der Waals surface area contributed by atoms with Crippen molar-refractivity contribution in [3.63, 3.8) is 0 Å². The summed E-state index contributed by atoms with van der Waals surface area (Å²) in [6, 6.07) is 7.71. The first-order valence-corrected chi connectivity index (χ1v) is 6.66. The lowest BCUT2D eigenvalue weighted by Gasteiger charge is -2.39. The van der Waals surface area contributed by atoms with Gasteiger partial charge in [-0.2, -0.15) is 0 Å². The van der Waals surface area contributed by atoms with Gasteiger partial charge < -0.3 is 10.4 Å². The van der Waals surface area contributed by atoms with Gasteiger partial charge >= 0.3 is 0 Å². The summed E-state index contributed by atoms with van der Waals surface area (Å²) in [4.78, 5) is 0. The van der Waals surface area contributed by atoms with Gasteiger partial charge in [-0.3, -0.25) is 0 Å². The highest BCUT2D eigenvalue weighted by atomic mass is 35.5. The van der Waals surface area contributed by atoms with Crippen molar-refractivity contribution in [3.05, 3.63) is 29.3 Å². The fraction of sp³-hybridized carbons (Fsp3) is 0.571. The Morgan fingerprint density at radius 3 is 2.71 bits per heavy atom. The number of halogens is 1. The van der Waals surface area contributed by atoms with Crippen molar-refractivity contribution in [2.24, 2.45) is 5.92 Å². The molecule has 0 saturated heterocycles. The number of aliphatic hydroxyl groups is 1. The molecule has 0 unspecified atom stereocenters. The maximum absolute atomic E-state index is 9.66. The minimum absolute atomic E-state index is 0.156. The Morgan fingerprint density at radius 1 is 1.41 bits per heavy atom. The fourth-order valence-corrected chi connectivity index (χ4v) is 2.70. The summed E-state index contributed by atoms with van der Waals surface area (Å²) in [6.45, 7) is 2.47. The zero-order chi connectivity index (χ0) is 12.3. The Morgan fingerprint density at radius 2 is 2.12 bits per heavy atom. The third-order valence-electron chi connectivity index (χ3n) is 3.77. The van der Waals surface area contributed by atoms with Gasteiger partial charge in [0.15, 0.2) is 0 Å². The quantitative estimate of drug-likeness (QED) is 0.861. The van der Waals surface area contributed by atoms with Gasteiger partial charge in [-0.1, -0.05) is 24.6 Å². The molecule has 2 nitrogen and oxygen atoms in total. The molecule has 0 heterocycles. The van der Waals surface area contributed by atoms with Crippen LogP contribution in [0.2, 0.25) is 5.02 Å². The minimum Gasteiger partial charge on any atom is -0.394 e. The van der Waals surface area contributed by atoms with Crippen LogP contribution in [0.4, 0.5) is 5.69 Å². The molecule has 1 aliphatic carbocycles. The summed E-state index contributed by atoms with van der Waals surface area (Å²) in [6.07, 6.45) is 4.40. The molecule has 17 heavy (non-hydrogen) atoms. The van der Waals surface area contributed by atoms with Crippen LogP contribution in [-0.4, -0.2) is 17.3 Å². The lowest BCUT2D eigenvalue weighted by Crippen LogP contribution is -2.45. The van der Waals surface area contributed by atoms with E-state index >= 15 is 0 Å². The van der Waals surface area contributed by atoms with E-state index in [9.17, 15) is 5.11 Å². The van der Waals surface area contributed by atoms with Gasteiger partial charge in [0.05, 0.1) is 12.1 Å². The van der Waals surface area contributed by atoms with Crippen LogP contribution in [0.25, 0.3) is 0 Å². The SMILES string of the molecule is CC1CCC(CO)(Nc2cccc(Cl)c2)CC1. The van der Waals surface area contributed by atoms with Gasteiger partial charge in [0.1, 0.15) is 0 Å². The molecule has 1 aromatic carbocycles. The van der Waals surface area contributed by atoms with Gasteiger partial charge in [0.25, 0.3) is 0 Å². The van der Waals surface area contributed by atoms with E-state index in [1.54, 1.807) is 0 Å². The molecule has 0 spiro atoms. The predicted molar refractivity (Wildman–Crippen MR) is 72.5 cm³/mol. The smallest absolute Gasteiger partial charge is 0.0661 e. The van der Waals surface area contributed by atoms with E-state index in [-0.39, 0.29) is 12.1 Å². The van der Waals surface area contributed by atoms with Crippen molar-refractivity contribution in [1.29, 1.82) is 0 Å². The first kappa shape index (κ1) is 12.7. The number of hydrogen-bond donors (Lipinski definition) is 2. The van der Waals surface area contributed by atoms with E-state index in [2.05, 4.69) is 12.2 Å². The zero-order valence-electron chi connectivity index (χ0n) is 10.2. The van der Waals surface area contributed by atoms with Crippen LogP contribution in [-0.2, 0) is 0 Å². The van der Waals surface area contributed by atoms with E-state index in [0.717, 1.165) is 29.5 Å². The highest BCUT2D eigenvalue weighted by Gasteiger charge is 2.33. The molecule has 1 saturated carbocycles. The Labute approximate surface area is 108 Å². The van der Waals surface area contributed by atoms with Crippen LogP contribution in [0, 0.1) is 5.92 Å². The standard InChI is InChI=1S/C14H20ClNO/c1-11-5-7-14(10-17,8-6-11)16-13-4-2-3-12(15)9-13/h2-4,9,11,16-17H,5-8,10H2,1H3.